The highest BCUT2D eigenvalue weighted by atomic mass is 16.3. The summed E-state index contributed by atoms with van der Waals surface area (Å²) in [6, 6.07) is 1.99. The fraction of sp³-hybridized carbons (Fsp3) is 0.714. The molecule has 6 nitrogen and oxygen atoms in total. The molecule has 0 aromatic carbocycles. The number of aliphatic hydroxyl groups excluding tert-OH is 1. The number of aliphatic hydroxyl groups is 1. The van der Waals surface area contributed by atoms with Gasteiger partial charge in [-0.1, -0.05) is 6.42 Å². The van der Waals surface area contributed by atoms with E-state index in [1.807, 2.05) is 15.6 Å². The number of primary amides is 1. The summed E-state index contributed by atoms with van der Waals surface area (Å²) in [4.78, 5) is 13.1. The molecule has 0 radical (unpaired) electrons. The quantitative estimate of drug-likeness (QED) is 0.835. The Morgan fingerprint density at radius 3 is 2.90 bits per heavy atom. The zero-order valence-electron chi connectivity index (χ0n) is 11.7. The van der Waals surface area contributed by atoms with Gasteiger partial charge in [0, 0.05) is 19.6 Å². The van der Waals surface area contributed by atoms with Gasteiger partial charge in [-0.2, -0.15) is 5.10 Å². The van der Waals surface area contributed by atoms with Crippen molar-refractivity contribution >= 4 is 5.91 Å². The Kier molecular flexibility index (Phi) is 3.76. The van der Waals surface area contributed by atoms with Gasteiger partial charge in [0.1, 0.15) is 6.10 Å². The fourth-order valence-electron chi connectivity index (χ4n) is 3.05. The van der Waals surface area contributed by atoms with E-state index in [2.05, 4.69) is 5.10 Å². The maximum absolute atomic E-state index is 11.1. The molecule has 1 saturated carbocycles. The second-order valence-electron chi connectivity index (χ2n) is 5.95. The van der Waals surface area contributed by atoms with E-state index in [9.17, 15) is 9.90 Å². The van der Waals surface area contributed by atoms with Crippen LogP contribution in [0.2, 0.25) is 0 Å². The van der Waals surface area contributed by atoms with Crippen molar-refractivity contribution in [2.75, 3.05) is 13.1 Å². The Labute approximate surface area is 118 Å². The number of carbonyl (C=O) groups excluding carboxylic acids is 1. The number of carbonyl (C=O) groups is 1. The standard InChI is InChI=1S/C14H22N4O2/c15-13(19)9-17-5-2-6-18-11(8-17)7-12(16-18)14(20)10-3-1-4-10/h7,10,14,20H,1-6,8-9H2,(H2,15,19). The highest BCUT2D eigenvalue weighted by Gasteiger charge is 2.29. The van der Waals surface area contributed by atoms with Crippen LogP contribution < -0.4 is 5.73 Å². The molecular weight excluding hydrogens is 256 g/mol. The molecule has 1 aromatic rings. The van der Waals surface area contributed by atoms with Crippen molar-refractivity contribution in [2.24, 2.45) is 11.7 Å². The van der Waals surface area contributed by atoms with Crippen LogP contribution in [0.3, 0.4) is 0 Å². The van der Waals surface area contributed by atoms with Gasteiger partial charge in [-0.3, -0.25) is 14.4 Å². The van der Waals surface area contributed by atoms with Crippen LogP contribution in [0.25, 0.3) is 0 Å². The van der Waals surface area contributed by atoms with Crippen molar-refractivity contribution in [3.8, 4) is 0 Å². The van der Waals surface area contributed by atoms with Crippen LogP contribution in [-0.2, 0) is 17.9 Å². The Morgan fingerprint density at radius 1 is 1.45 bits per heavy atom. The Balaban J connectivity index is 1.74. The van der Waals surface area contributed by atoms with E-state index < -0.39 is 6.10 Å². The van der Waals surface area contributed by atoms with Crippen molar-refractivity contribution in [3.05, 3.63) is 17.5 Å². The van der Waals surface area contributed by atoms with E-state index >= 15 is 0 Å². The summed E-state index contributed by atoms with van der Waals surface area (Å²) in [5, 5.41) is 14.9. The van der Waals surface area contributed by atoms with E-state index in [4.69, 9.17) is 5.73 Å². The first-order valence-electron chi connectivity index (χ1n) is 7.39. The van der Waals surface area contributed by atoms with Crippen LogP contribution in [0.1, 0.15) is 43.2 Å². The minimum Gasteiger partial charge on any atom is -0.386 e. The smallest absolute Gasteiger partial charge is 0.231 e. The number of fused-ring (bicyclic) bond motifs is 1. The van der Waals surface area contributed by atoms with Gasteiger partial charge in [0.2, 0.25) is 5.91 Å². The number of hydrogen-bond donors (Lipinski definition) is 2. The molecule has 1 aromatic heterocycles. The summed E-state index contributed by atoms with van der Waals surface area (Å²) in [5.41, 5.74) is 7.12. The van der Waals surface area contributed by atoms with Crippen LogP contribution in [0.5, 0.6) is 0 Å². The second kappa shape index (κ2) is 5.54. The van der Waals surface area contributed by atoms with E-state index in [1.165, 1.54) is 6.42 Å². The van der Waals surface area contributed by atoms with Crippen LogP contribution in [0, 0.1) is 5.92 Å². The van der Waals surface area contributed by atoms with Gasteiger partial charge in [-0.05, 0) is 31.2 Å². The maximum Gasteiger partial charge on any atom is 0.231 e. The lowest BCUT2D eigenvalue weighted by atomic mass is 9.80. The topological polar surface area (TPSA) is 84.4 Å². The third-order valence-electron chi connectivity index (χ3n) is 4.39. The van der Waals surface area contributed by atoms with Crippen molar-refractivity contribution in [1.29, 1.82) is 0 Å². The summed E-state index contributed by atoms with van der Waals surface area (Å²) in [5.74, 6) is 0.0727. The Bertz CT molecular complexity index is 495. The number of hydrogen-bond acceptors (Lipinski definition) is 4. The normalized spacial score (nSPS) is 21.9. The van der Waals surface area contributed by atoms with Gasteiger partial charge in [0.15, 0.2) is 0 Å². The fourth-order valence-corrected chi connectivity index (χ4v) is 3.05. The SMILES string of the molecule is NC(=O)CN1CCCn2nc(C(O)C3CCC3)cc2C1. The predicted octanol–water partition coefficient (Wildman–Crippen LogP) is 0.408. The minimum atomic E-state index is -0.437. The lowest BCUT2D eigenvalue weighted by molar-refractivity contribution is -0.119. The molecule has 1 fully saturated rings. The van der Waals surface area contributed by atoms with E-state index in [0.717, 1.165) is 43.7 Å². The average Bonchev–Trinajstić information content (AvgIpc) is 2.61. The molecule has 1 atom stereocenters. The molecule has 0 saturated heterocycles. The van der Waals surface area contributed by atoms with Crippen LogP contribution >= 0.6 is 0 Å². The third-order valence-corrected chi connectivity index (χ3v) is 4.39. The van der Waals surface area contributed by atoms with E-state index in [1.54, 1.807) is 0 Å². The number of nitrogens with zero attached hydrogens (tertiary/aromatic N) is 3. The Morgan fingerprint density at radius 2 is 2.25 bits per heavy atom. The summed E-state index contributed by atoms with van der Waals surface area (Å²) in [7, 11) is 0. The largest absolute Gasteiger partial charge is 0.386 e. The summed E-state index contributed by atoms with van der Waals surface area (Å²) < 4.78 is 1.97. The van der Waals surface area contributed by atoms with Gasteiger partial charge in [0.05, 0.1) is 17.9 Å². The number of aromatic nitrogens is 2. The van der Waals surface area contributed by atoms with Gasteiger partial charge in [0.25, 0.3) is 0 Å². The third kappa shape index (κ3) is 2.71. The van der Waals surface area contributed by atoms with E-state index in [0.29, 0.717) is 12.5 Å². The van der Waals surface area contributed by atoms with Crippen molar-refractivity contribution in [3.63, 3.8) is 0 Å². The molecule has 2 heterocycles. The highest BCUT2D eigenvalue weighted by molar-refractivity contribution is 5.75. The van der Waals surface area contributed by atoms with Gasteiger partial charge < -0.3 is 10.8 Å². The first-order chi connectivity index (χ1) is 9.63. The molecule has 0 bridgehead atoms. The molecule has 1 unspecified atom stereocenters. The summed E-state index contributed by atoms with van der Waals surface area (Å²) in [6.07, 6.45) is 3.91. The molecule has 20 heavy (non-hydrogen) atoms. The summed E-state index contributed by atoms with van der Waals surface area (Å²) >= 11 is 0. The van der Waals surface area contributed by atoms with Crippen LogP contribution in [0.15, 0.2) is 6.07 Å². The molecule has 3 rings (SSSR count). The molecule has 1 aliphatic heterocycles. The molecule has 3 N–H and O–H groups in total. The second-order valence-corrected chi connectivity index (χ2v) is 5.95. The number of amides is 1. The molecule has 110 valence electrons. The Hall–Kier alpha value is -1.40. The molecule has 1 aliphatic carbocycles. The zero-order valence-corrected chi connectivity index (χ0v) is 11.7. The molecule has 0 spiro atoms. The van der Waals surface area contributed by atoms with Gasteiger partial charge in [-0.15, -0.1) is 0 Å². The van der Waals surface area contributed by atoms with Crippen LogP contribution in [0.4, 0.5) is 0 Å². The van der Waals surface area contributed by atoms with Crippen molar-refractivity contribution in [1.82, 2.24) is 14.7 Å². The number of aryl methyl sites for hydroxylation is 1. The molecule has 6 heteroatoms. The number of nitrogens with two attached hydrogens (primary N) is 1. The first kappa shape index (κ1) is 13.6. The average molecular weight is 278 g/mol. The van der Waals surface area contributed by atoms with Gasteiger partial charge in [-0.25, -0.2) is 0 Å². The minimum absolute atomic E-state index is 0.283. The van der Waals surface area contributed by atoms with Crippen LogP contribution in [-0.4, -0.2) is 38.8 Å². The lowest BCUT2D eigenvalue weighted by Crippen LogP contribution is -2.33. The summed E-state index contributed by atoms with van der Waals surface area (Å²) in [6.45, 7) is 2.65. The van der Waals surface area contributed by atoms with E-state index in [-0.39, 0.29) is 12.5 Å². The maximum atomic E-state index is 11.1. The highest BCUT2D eigenvalue weighted by Crippen LogP contribution is 2.37. The van der Waals surface area contributed by atoms with Crippen molar-refractivity contribution in [2.45, 2.75) is 44.9 Å². The predicted molar refractivity (Wildman–Crippen MR) is 73.6 cm³/mol. The number of rotatable bonds is 4. The molecule has 1 amide bonds. The monoisotopic (exact) mass is 278 g/mol. The molecule has 2 aliphatic rings. The van der Waals surface area contributed by atoms with Gasteiger partial charge >= 0.3 is 0 Å². The zero-order chi connectivity index (χ0) is 14.1. The molecular formula is C14H22N4O2. The van der Waals surface area contributed by atoms with Crippen molar-refractivity contribution < 1.29 is 9.90 Å². The lowest BCUT2D eigenvalue weighted by Gasteiger charge is -2.29. The first-order valence-corrected chi connectivity index (χ1v) is 7.39.